The first-order chi connectivity index (χ1) is 5.00. The van der Waals surface area contributed by atoms with Gasteiger partial charge in [-0.25, -0.2) is 0 Å². The van der Waals surface area contributed by atoms with E-state index in [2.05, 4.69) is 0 Å². The van der Waals surface area contributed by atoms with Crippen LogP contribution in [0.15, 0.2) is 0 Å². The van der Waals surface area contributed by atoms with E-state index in [0.717, 1.165) is 12.8 Å². The van der Waals surface area contributed by atoms with Gasteiger partial charge in [-0.2, -0.15) is 8.42 Å². The predicted octanol–water partition coefficient (Wildman–Crippen LogP) is 0.144. The van der Waals surface area contributed by atoms with Crippen LogP contribution in [0.1, 0.15) is 25.7 Å². The van der Waals surface area contributed by atoms with E-state index in [9.17, 15) is 8.42 Å². The molecule has 1 fully saturated rings. The van der Waals surface area contributed by atoms with Crippen molar-refractivity contribution in [3.8, 4) is 0 Å². The maximum atomic E-state index is 10.6. The smallest absolute Gasteiger partial charge is 0.267 e. The molecule has 0 aromatic heterocycles. The Morgan fingerprint density at radius 2 is 2.00 bits per heavy atom. The summed E-state index contributed by atoms with van der Waals surface area (Å²) >= 11 is 0. The number of nitrogens with two attached hydrogens (primary N) is 1. The lowest BCUT2D eigenvalue weighted by Crippen LogP contribution is -2.34. The second kappa shape index (κ2) is 3.08. The molecule has 0 spiro atoms. The second-order valence-electron chi connectivity index (χ2n) is 3.06. The topological polar surface area (TPSA) is 80.4 Å². The monoisotopic (exact) mass is 179 g/mol. The Kier molecular flexibility index (Phi) is 2.51. The summed E-state index contributed by atoms with van der Waals surface area (Å²) in [4.78, 5) is 0. The van der Waals surface area contributed by atoms with Crippen molar-refractivity contribution >= 4 is 10.1 Å². The van der Waals surface area contributed by atoms with Crippen LogP contribution in [0, 0.1) is 0 Å². The van der Waals surface area contributed by atoms with Gasteiger partial charge in [0.05, 0.1) is 5.25 Å². The molecule has 0 amide bonds. The Bertz CT molecular complexity index is 224. The van der Waals surface area contributed by atoms with Crippen LogP contribution < -0.4 is 5.73 Å². The molecule has 0 aromatic carbocycles. The van der Waals surface area contributed by atoms with E-state index in [1.165, 1.54) is 0 Å². The summed E-state index contributed by atoms with van der Waals surface area (Å²) in [5, 5.41) is -0.619. The largest absolute Gasteiger partial charge is 0.328 e. The quantitative estimate of drug-likeness (QED) is 0.561. The summed E-state index contributed by atoms with van der Waals surface area (Å²) in [5.41, 5.74) is 5.55. The summed E-state index contributed by atoms with van der Waals surface area (Å²) in [6.45, 7) is 0. The van der Waals surface area contributed by atoms with Gasteiger partial charge < -0.3 is 5.73 Å². The Hall–Kier alpha value is -0.130. The molecule has 0 aliphatic heterocycles. The minimum atomic E-state index is -3.84. The fourth-order valence-corrected chi connectivity index (χ4v) is 2.41. The van der Waals surface area contributed by atoms with Crippen LogP contribution in [0.2, 0.25) is 0 Å². The fourth-order valence-electron chi connectivity index (χ4n) is 1.45. The third kappa shape index (κ3) is 2.43. The molecule has 1 saturated carbocycles. The standard InChI is InChI=1S/C6H13NO3S/c7-5-2-1-3-6(4-5)11(8,9)10/h5-6H,1-4,7H2,(H,8,9,10)/t5-,6-/m1/s1. The SMILES string of the molecule is N[C@@H]1CCC[C@@H](S(=O)(=O)O)C1. The van der Waals surface area contributed by atoms with Gasteiger partial charge in [-0.1, -0.05) is 6.42 Å². The molecule has 4 nitrogen and oxygen atoms in total. The first-order valence-corrected chi connectivity index (χ1v) is 5.22. The predicted molar refractivity (Wildman–Crippen MR) is 41.8 cm³/mol. The zero-order valence-corrected chi connectivity index (χ0v) is 7.05. The Labute approximate surface area is 66.5 Å². The van der Waals surface area contributed by atoms with Crippen molar-refractivity contribution in [1.29, 1.82) is 0 Å². The molecule has 0 radical (unpaired) electrons. The molecule has 1 aliphatic carbocycles. The summed E-state index contributed by atoms with van der Waals surface area (Å²) in [5.74, 6) is 0. The van der Waals surface area contributed by atoms with Crippen molar-refractivity contribution in [3.05, 3.63) is 0 Å². The normalized spacial score (nSPS) is 33.6. The van der Waals surface area contributed by atoms with Gasteiger partial charge in [0, 0.05) is 6.04 Å². The van der Waals surface area contributed by atoms with E-state index < -0.39 is 15.4 Å². The van der Waals surface area contributed by atoms with Gasteiger partial charge in [0.15, 0.2) is 0 Å². The Morgan fingerprint density at radius 3 is 2.36 bits per heavy atom. The zero-order valence-electron chi connectivity index (χ0n) is 6.23. The van der Waals surface area contributed by atoms with E-state index in [-0.39, 0.29) is 6.04 Å². The summed E-state index contributed by atoms with van der Waals surface area (Å²) in [6.07, 6.45) is 2.61. The molecule has 1 rings (SSSR count). The van der Waals surface area contributed by atoms with Crippen LogP contribution >= 0.6 is 0 Å². The highest BCUT2D eigenvalue weighted by atomic mass is 32.2. The molecule has 2 atom stereocenters. The first-order valence-electron chi connectivity index (χ1n) is 3.72. The van der Waals surface area contributed by atoms with Crippen LogP contribution in [0.5, 0.6) is 0 Å². The minimum absolute atomic E-state index is 0.0596. The third-order valence-corrected chi connectivity index (χ3v) is 3.36. The second-order valence-corrected chi connectivity index (χ2v) is 4.76. The van der Waals surface area contributed by atoms with Gasteiger partial charge in [-0.05, 0) is 19.3 Å². The van der Waals surface area contributed by atoms with E-state index in [0.29, 0.717) is 12.8 Å². The van der Waals surface area contributed by atoms with E-state index in [4.69, 9.17) is 10.3 Å². The van der Waals surface area contributed by atoms with Crippen LogP contribution in [0.4, 0.5) is 0 Å². The number of rotatable bonds is 1. The van der Waals surface area contributed by atoms with Crippen LogP contribution in [0.25, 0.3) is 0 Å². The van der Waals surface area contributed by atoms with Crippen molar-refractivity contribution in [3.63, 3.8) is 0 Å². The van der Waals surface area contributed by atoms with Crippen LogP contribution in [-0.4, -0.2) is 24.3 Å². The Morgan fingerprint density at radius 1 is 1.36 bits per heavy atom. The van der Waals surface area contributed by atoms with E-state index >= 15 is 0 Å². The molecular weight excluding hydrogens is 166 g/mol. The molecule has 0 bridgehead atoms. The maximum Gasteiger partial charge on any atom is 0.267 e. The first kappa shape index (κ1) is 8.96. The summed E-state index contributed by atoms with van der Waals surface area (Å²) < 4.78 is 29.9. The third-order valence-electron chi connectivity index (χ3n) is 2.09. The molecule has 0 saturated heterocycles. The molecule has 0 unspecified atom stereocenters. The number of hydrogen-bond acceptors (Lipinski definition) is 3. The van der Waals surface area contributed by atoms with Gasteiger partial charge in [0.2, 0.25) is 0 Å². The average molecular weight is 179 g/mol. The van der Waals surface area contributed by atoms with Crippen molar-refractivity contribution in [2.45, 2.75) is 37.0 Å². The van der Waals surface area contributed by atoms with Crippen molar-refractivity contribution < 1.29 is 13.0 Å². The van der Waals surface area contributed by atoms with Crippen molar-refractivity contribution in [1.82, 2.24) is 0 Å². The minimum Gasteiger partial charge on any atom is -0.328 e. The van der Waals surface area contributed by atoms with E-state index in [1.807, 2.05) is 0 Å². The molecule has 1 aliphatic rings. The maximum absolute atomic E-state index is 10.6. The lowest BCUT2D eigenvalue weighted by Gasteiger charge is -2.23. The zero-order chi connectivity index (χ0) is 8.48. The lowest BCUT2D eigenvalue weighted by molar-refractivity contribution is 0.398. The van der Waals surface area contributed by atoms with Gasteiger partial charge in [0.25, 0.3) is 10.1 Å². The van der Waals surface area contributed by atoms with Crippen molar-refractivity contribution in [2.75, 3.05) is 0 Å². The van der Waals surface area contributed by atoms with Crippen LogP contribution in [-0.2, 0) is 10.1 Å². The lowest BCUT2D eigenvalue weighted by atomic mass is 9.96. The molecule has 0 heterocycles. The van der Waals surface area contributed by atoms with Gasteiger partial charge in [-0.15, -0.1) is 0 Å². The van der Waals surface area contributed by atoms with Gasteiger partial charge in [-0.3, -0.25) is 4.55 Å². The van der Waals surface area contributed by atoms with Gasteiger partial charge >= 0.3 is 0 Å². The molecule has 11 heavy (non-hydrogen) atoms. The van der Waals surface area contributed by atoms with Crippen LogP contribution in [0.3, 0.4) is 0 Å². The molecule has 3 N–H and O–H groups in total. The highest BCUT2D eigenvalue weighted by Gasteiger charge is 2.28. The average Bonchev–Trinajstić information content (AvgIpc) is 1.86. The fraction of sp³-hybridized carbons (Fsp3) is 1.00. The van der Waals surface area contributed by atoms with E-state index in [1.54, 1.807) is 0 Å². The Balaban J connectivity index is 2.60. The molecule has 0 aromatic rings. The molecular formula is C6H13NO3S. The van der Waals surface area contributed by atoms with Crippen molar-refractivity contribution in [2.24, 2.45) is 5.73 Å². The highest BCUT2D eigenvalue weighted by molar-refractivity contribution is 7.86. The number of hydrogen-bond donors (Lipinski definition) is 2. The summed E-state index contributed by atoms with van der Waals surface area (Å²) in [7, 11) is -3.84. The molecule has 5 heteroatoms. The molecule has 66 valence electrons. The summed E-state index contributed by atoms with van der Waals surface area (Å²) in [6, 6.07) is -0.0596. The van der Waals surface area contributed by atoms with Gasteiger partial charge in [0.1, 0.15) is 0 Å². The highest BCUT2D eigenvalue weighted by Crippen LogP contribution is 2.22.